The second-order valence-corrected chi connectivity index (χ2v) is 4.60. The number of carboxylic acids is 1. The normalized spacial score (nSPS) is 14.8. The molecule has 6 heteroatoms. The van der Waals surface area contributed by atoms with Crippen molar-refractivity contribution in [2.24, 2.45) is 0 Å². The topological polar surface area (TPSA) is 46.5 Å². The third kappa shape index (κ3) is 2.12. The van der Waals surface area contributed by atoms with Crippen LogP contribution in [0.5, 0.6) is 5.75 Å². The van der Waals surface area contributed by atoms with Gasteiger partial charge in [-0.3, -0.25) is 0 Å². The lowest BCUT2D eigenvalue weighted by Gasteiger charge is -2.24. The Morgan fingerprint density at radius 1 is 1.14 bits per heavy atom. The highest BCUT2D eigenvalue weighted by molar-refractivity contribution is 6.22. The zero-order chi connectivity index (χ0) is 15.2. The molecule has 3 rings (SSSR count). The lowest BCUT2D eigenvalue weighted by Crippen LogP contribution is -2.26. The van der Waals surface area contributed by atoms with Gasteiger partial charge in [0.2, 0.25) is 0 Å². The molecule has 1 aliphatic heterocycles. The first-order valence-electron chi connectivity index (χ1n) is 6.08. The molecule has 0 aliphatic carbocycles. The van der Waals surface area contributed by atoms with E-state index in [2.05, 4.69) is 0 Å². The van der Waals surface area contributed by atoms with E-state index in [1.807, 2.05) is 0 Å². The first-order valence-corrected chi connectivity index (χ1v) is 6.08. The van der Waals surface area contributed by atoms with Crippen LogP contribution in [0.3, 0.4) is 0 Å². The SMILES string of the molecule is O=C(O)C1=C(C(F)(F)F)COc2ccc3ccccc3c21. The summed E-state index contributed by atoms with van der Waals surface area (Å²) in [4.78, 5) is 11.4. The van der Waals surface area contributed by atoms with Crippen LogP contribution in [0.1, 0.15) is 5.56 Å². The van der Waals surface area contributed by atoms with E-state index in [1.54, 1.807) is 30.3 Å². The molecule has 0 fully saturated rings. The number of carboxylic acid groups (broad SMARTS) is 1. The molecule has 21 heavy (non-hydrogen) atoms. The minimum absolute atomic E-state index is 0.0147. The Balaban J connectivity index is 2.41. The van der Waals surface area contributed by atoms with Crippen LogP contribution in [0.2, 0.25) is 0 Å². The Morgan fingerprint density at radius 2 is 1.86 bits per heavy atom. The summed E-state index contributed by atoms with van der Waals surface area (Å²) in [5, 5.41) is 10.3. The van der Waals surface area contributed by atoms with Crippen LogP contribution >= 0.6 is 0 Å². The van der Waals surface area contributed by atoms with Crippen LogP contribution in [0.25, 0.3) is 16.3 Å². The van der Waals surface area contributed by atoms with Crippen molar-refractivity contribution >= 4 is 22.3 Å². The summed E-state index contributed by atoms with van der Waals surface area (Å²) in [6, 6.07) is 9.84. The summed E-state index contributed by atoms with van der Waals surface area (Å²) in [5.74, 6) is -1.46. The van der Waals surface area contributed by atoms with E-state index < -0.39 is 29.9 Å². The fraction of sp³-hybridized carbons (Fsp3) is 0.133. The molecule has 3 nitrogen and oxygen atoms in total. The van der Waals surface area contributed by atoms with Gasteiger partial charge in [0.1, 0.15) is 12.4 Å². The summed E-state index contributed by atoms with van der Waals surface area (Å²) in [6.07, 6.45) is -4.75. The maximum absolute atomic E-state index is 13.0. The van der Waals surface area contributed by atoms with Crippen LogP contribution < -0.4 is 4.74 Å². The quantitative estimate of drug-likeness (QED) is 0.873. The highest BCUT2D eigenvalue weighted by Gasteiger charge is 2.42. The molecule has 0 unspecified atom stereocenters. The third-order valence-corrected chi connectivity index (χ3v) is 3.37. The number of hydrogen-bond acceptors (Lipinski definition) is 2. The van der Waals surface area contributed by atoms with Crippen molar-refractivity contribution in [1.29, 1.82) is 0 Å². The summed E-state index contributed by atoms with van der Waals surface area (Å²) < 4.78 is 44.2. The highest BCUT2D eigenvalue weighted by atomic mass is 19.4. The first kappa shape index (κ1) is 13.5. The van der Waals surface area contributed by atoms with Crippen LogP contribution in [-0.2, 0) is 4.79 Å². The van der Waals surface area contributed by atoms with Gasteiger partial charge >= 0.3 is 12.1 Å². The van der Waals surface area contributed by atoms with Crippen LogP contribution in [0.4, 0.5) is 13.2 Å². The van der Waals surface area contributed by atoms with Crippen molar-refractivity contribution in [2.75, 3.05) is 6.61 Å². The van der Waals surface area contributed by atoms with Gasteiger partial charge in [-0.15, -0.1) is 0 Å². The van der Waals surface area contributed by atoms with Crippen LogP contribution in [0.15, 0.2) is 42.0 Å². The molecule has 2 aromatic carbocycles. The third-order valence-electron chi connectivity index (χ3n) is 3.37. The molecule has 0 radical (unpaired) electrons. The van der Waals surface area contributed by atoms with E-state index in [0.29, 0.717) is 10.8 Å². The number of ether oxygens (including phenoxy) is 1. The van der Waals surface area contributed by atoms with Crippen LogP contribution in [0, 0.1) is 0 Å². The zero-order valence-corrected chi connectivity index (χ0v) is 10.6. The molecule has 0 saturated heterocycles. The maximum Gasteiger partial charge on any atom is 0.416 e. The van der Waals surface area contributed by atoms with E-state index in [-0.39, 0.29) is 11.3 Å². The molecule has 0 atom stereocenters. The predicted octanol–water partition coefficient (Wildman–Crippen LogP) is 3.63. The predicted molar refractivity (Wildman–Crippen MR) is 70.1 cm³/mol. The van der Waals surface area contributed by atoms with Crippen molar-refractivity contribution in [3.63, 3.8) is 0 Å². The van der Waals surface area contributed by atoms with Gasteiger partial charge < -0.3 is 9.84 Å². The Kier molecular flexibility index (Phi) is 2.90. The number of fused-ring (bicyclic) bond motifs is 3. The average Bonchev–Trinajstić information content (AvgIpc) is 2.44. The minimum Gasteiger partial charge on any atom is -0.488 e. The van der Waals surface area contributed by atoms with Gasteiger partial charge in [0, 0.05) is 5.56 Å². The van der Waals surface area contributed by atoms with Crippen molar-refractivity contribution in [1.82, 2.24) is 0 Å². The van der Waals surface area contributed by atoms with Gasteiger partial charge in [0.25, 0.3) is 0 Å². The molecule has 1 heterocycles. The number of benzene rings is 2. The van der Waals surface area contributed by atoms with Gasteiger partial charge in [-0.25, -0.2) is 4.79 Å². The molecule has 0 bridgehead atoms. The van der Waals surface area contributed by atoms with E-state index in [9.17, 15) is 23.1 Å². The van der Waals surface area contributed by atoms with Gasteiger partial charge in [0.05, 0.1) is 11.1 Å². The Hall–Kier alpha value is -2.50. The number of alkyl halides is 3. The van der Waals surface area contributed by atoms with E-state index in [0.717, 1.165) is 0 Å². The summed E-state index contributed by atoms with van der Waals surface area (Å²) in [7, 11) is 0. The molecule has 1 N–H and O–H groups in total. The molecule has 108 valence electrons. The molecule has 0 amide bonds. The lowest BCUT2D eigenvalue weighted by atomic mass is 9.92. The van der Waals surface area contributed by atoms with E-state index >= 15 is 0 Å². The van der Waals surface area contributed by atoms with Gasteiger partial charge in [-0.05, 0) is 16.8 Å². The number of halogens is 3. The molecule has 0 saturated carbocycles. The molecule has 0 aromatic heterocycles. The Bertz CT molecular complexity index is 775. The smallest absolute Gasteiger partial charge is 0.416 e. The average molecular weight is 294 g/mol. The second kappa shape index (κ2) is 4.51. The van der Waals surface area contributed by atoms with Crippen molar-refractivity contribution in [2.45, 2.75) is 6.18 Å². The van der Waals surface area contributed by atoms with Gasteiger partial charge in [0.15, 0.2) is 0 Å². The second-order valence-electron chi connectivity index (χ2n) is 4.60. The van der Waals surface area contributed by atoms with Gasteiger partial charge in [-0.2, -0.15) is 13.2 Å². The number of rotatable bonds is 1. The van der Waals surface area contributed by atoms with Gasteiger partial charge in [-0.1, -0.05) is 30.3 Å². The molecule has 2 aromatic rings. The number of aliphatic carboxylic acids is 1. The molecular formula is C15H9F3O3. The monoisotopic (exact) mass is 294 g/mol. The standard InChI is InChI=1S/C15H9F3O3/c16-15(17,18)10-7-21-11-6-5-8-3-1-2-4-9(8)12(11)13(10)14(19)20/h1-6H,7H2,(H,19,20). The highest BCUT2D eigenvalue weighted by Crippen LogP contribution is 2.43. The lowest BCUT2D eigenvalue weighted by molar-refractivity contribution is -0.131. The maximum atomic E-state index is 13.0. The minimum atomic E-state index is -4.75. The van der Waals surface area contributed by atoms with Crippen molar-refractivity contribution in [3.8, 4) is 5.75 Å². The van der Waals surface area contributed by atoms with E-state index in [4.69, 9.17) is 4.74 Å². The summed E-state index contributed by atoms with van der Waals surface area (Å²) >= 11 is 0. The summed E-state index contributed by atoms with van der Waals surface area (Å²) in [5.41, 5.74) is -1.92. The molecule has 1 aliphatic rings. The first-order chi connectivity index (χ1) is 9.89. The Morgan fingerprint density at radius 3 is 2.52 bits per heavy atom. The number of hydrogen-bond donors (Lipinski definition) is 1. The van der Waals surface area contributed by atoms with E-state index in [1.165, 1.54) is 6.07 Å². The molecular weight excluding hydrogens is 285 g/mol. The zero-order valence-electron chi connectivity index (χ0n) is 10.6. The van der Waals surface area contributed by atoms with Crippen molar-refractivity contribution < 1.29 is 27.8 Å². The number of carbonyl (C=O) groups is 1. The molecule has 0 spiro atoms. The largest absolute Gasteiger partial charge is 0.488 e. The van der Waals surface area contributed by atoms with Crippen LogP contribution in [-0.4, -0.2) is 23.9 Å². The van der Waals surface area contributed by atoms with Crippen molar-refractivity contribution in [3.05, 3.63) is 47.5 Å². The Labute approximate surface area is 117 Å². The summed E-state index contributed by atoms with van der Waals surface area (Å²) in [6.45, 7) is -0.795. The fourth-order valence-electron chi connectivity index (χ4n) is 2.46. The fourth-order valence-corrected chi connectivity index (χ4v) is 2.46.